The van der Waals surface area contributed by atoms with Crippen LogP contribution in [0.2, 0.25) is 0 Å². The van der Waals surface area contributed by atoms with Crippen LogP contribution >= 0.6 is 11.6 Å². The first-order valence-electron chi connectivity index (χ1n) is 9.14. The van der Waals surface area contributed by atoms with Crippen LogP contribution in [0.4, 0.5) is 0 Å². The Balaban J connectivity index is 1.62. The second-order valence-electron chi connectivity index (χ2n) is 7.06. The fourth-order valence-corrected chi connectivity index (χ4v) is 4.20. The fraction of sp³-hybridized carbons (Fsp3) is 0.500. The number of nitrogens with one attached hydrogen (secondary N) is 3. The summed E-state index contributed by atoms with van der Waals surface area (Å²) in [6, 6.07) is 0.580. The predicted octanol–water partition coefficient (Wildman–Crippen LogP) is 2.79. The van der Waals surface area contributed by atoms with E-state index in [1.807, 2.05) is 0 Å². The third-order valence-electron chi connectivity index (χ3n) is 5.30. The van der Waals surface area contributed by atoms with Crippen LogP contribution in [0.15, 0.2) is 58.9 Å². The van der Waals surface area contributed by atoms with Gasteiger partial charge in [-0.1, -0.05) is 30.4 Å². The molecule has 2 aliphatic carbocycles. The number of alkyl halides is 1. The number of hydrogen-bond donors (Lipinski definition) is 3. The normalized spacial score (nSPS) is 30.7. The van der Waals surface area contributed by atoms with Crippen molar-refractivity contribution in [3.8, 4) is 0 Å². The highest BCUT2D eigenvalue weighted by molar-refractivity contribution is 6.22. The summed E-state index contributed by atoms with van der Waals surface area (Å²) in [6.07, 6.45) is 16.9. The molecule has 2 atom stereocenters. The van der Waals surface area contributed by atoms with Gasteiger partial charge >= 0.3 is 0 Å². The van der Waals surface area contributed by atoms with Gasteiger partial charge in [0.25, 0.3) is 0 Å². The molecule has 24 heavy (non-hydrogen) atoms. The highest BCUT2D eigenvalue weighted by atomic mass is 35.5. The molecule has 4 rings (SSSR count). The number of hydrogen-bond acceptors (Lipinski definition) is 3. The second kappa shape index (κ2) is 7.30. The maximum atomic E-state index is 6.34. The first kappa shape index (κ1) is 16.2. The molecule has 0 bridgehead atoms. The van der Waals surface area contributed by atoms with Crippen LogP contribution in [0.25, 0.3) is 0 Å². The third-order valence-corrected chi connectivity index (χ3v) is 5.61. The second-order valence-corrected chi connectivity index (χ2v) is 7.62. The van der Waals surface area contributed by atoms with Crippen molar-refractivity contribution in [2.24, 2.45) is 5.92 Å². The summed E-state index contributed by atoms with van der Waals surface area (Å²) in [6.45, 7) is 4.21. The summed E-state index contributed by atoms with van der Waals surface area (Å²) < 4.78 is 0. The van der Waals surface area contributed by atoms with Crippen molar-refractivity contribution in [1.82, 2.24) is 16.0 Å². The van der Waals surface area contributed by atoms with Crippen LogP contribution in [-0.4, -0.2) is 37.6 Å². The topological polar surface area (TPSA) is 36.1 Å². The van der Waals surface area contributed by atoms with Crippen molar-refractivity contribution < 1.29 is 0 Å². The molecule has 1 saturated heterocycles. The maximum Gasteiger partial charge on any atom is 0.0559 e. The van der Waals surface area contributed by atoms with Gasteiger partial charge in [0, 0.05) is 30.7 Å². The molecule has 3 nitrogen and oxygen atoms in total. The molecular weight excluding hydrogens is 318 g/mol. The monoisotopic (exact) mass is 343 g/mol. The molecule has 0 amide bonds. The van der Waals surface area contributed by atoms with E-state index in [0.29, 0.717) is 12.0 Å². The SMILES string of the molecule is ClC1C=C(C2=CC3=CCNCC3C(NC3CCNCC3)=C2)C=CC1. The minimum atomic E-state index is 0.111. The zero-order chi connectivity index (χ0) is 16.4. The van der Waals surface area contributed by atoms with Gasteiger partial charge in [0.2, 0.25) is 0 Å². The number of piperidine rings is 1. The molecule has 2 heterocycles. The Bertz CT molecular complexity index is 635. The molecule has 4 aliphatic rings. The number of allylic oxidation sites excluding steroid dienone is 7. The molecule has 0 radical (unpaired) electrons. The van der Waals surface area contributed by atoms with Crippen molar-refractivity contribution in [2.75, 3.05) is 26.2 Å². The maximum absolute atomic E-state index is 6.34. The highest BCUT2D eigenvalue weighted by Crippen LogP contribution is 2.34. The lowest BCUT2D eigenvalue weighted by Gasteiger charge is -2.34. The Hall–Kier alpha value is -1.29. The summed E-state index contributed by atoms with van der Waals surface area (Å²) in [5, 5.41) is 10.9. The largest absolute Gasteiger partial charge is 0.385 e. The van der Waals surface area contributed by atoms with E-state index in [1.54, 1.807) is 0 Å². The van der Waals surface area contributed by atoms with E-state index in [1.165, 1.54) is 35.3 Å². The van der Waals surface area contributed by atoms with Crippen LogP contribution in [0.3, 0.4) is 0 Å². The Morgan fingerprint density at radius 3 is 2.79 bits per heavy atom. The Labute approximate surface area is 149 Å². The summed E-state index contributed by atoms with van der Waals surface area (Å²) in [5.41, 5.74) is 5.35. The smallest absolute Gasteiger partial charge is 0.0559 e. The van der Waals surface area contributed by atoms with Crippen molar-refractivity contribution >= 4 is 11.6 Å². The van der Waals surface area contributed by atoms with E-state index in [0.717, 1.165) is 32.6 Å². The predicted molar refractivity (Wildman–Crippen MR) is 101 cm³/mol. The molecule has 0 aromatic rings. The molecule has 0 aromatic carbocycles. The fourth-order valence-electron chi connectivity index (χ4n) is 3.96. The summed E-state index contributed by atoms with van der Waals surface area (Å²) in [4.78, 5) is 0. The minimum Gasteiger partial charge on any atom is -0.385 e. The molecular formula is C20H26ClN3. The van der Waals surface area contributed by atoms with Crippen molar-refractivity contribution in [3.05, 3.63) is 58.9 Å². The molecule has 4 heteroatoms. The lowest BCUT2D eigenvalue weighted by atomic mass is 9.82. The minimum absolute atomic E-state index is 0.111. The lowest BCUT2D eigenvalue weighted by molar-refractivity contribution is 0.395. The van der Waals surface area contributed by atoms with Gasteiger partial charge in [-0.3, -0.25) is 0 Å². The van der Waals surface area contributed by atoms with E-state index < -0.39 is 0 Å². The van der Waals surface area contributed by atoms with Gasteiger partial charge in [-0.2, -0.15) is 0 Å². The molecule has 1 fully saturated rings. The highest BCUT2D eigenvalue weighted by Gasteiger charge is 2.27. The van der Waals surface area contributed by atoms with E-state index in [-0.39, 0.29) is 5.38 Å². The van der Waals surface area contributed by atoms with Gasteiger partial charge in [-0.15, -0.1) is 11.6 Å². The Kier molecular flexibility index (Phi) is 4.93. The van der Waals surface area contributed by atoms with E-state index in [9.17, 15) is 0 Å². The summed E-state index contributed by atoms with van der Waals surface area (Å²) in [7, 11) is 0. The van der Waals surface area contributed by atoms with Crippen LogP contribution in [0, 0.1) is 5.92 Å². The Morgan fingerprint density at radius 1 is 1.08 bits per heavy atom. The van der Waals surface area contributed by atoms with Gasteiger partial charge in [-0.05, 0) is 55.1 Å². The molecule has 128 valence electrons. The standard InChI is InChI=1S/C20H26ClN3/c21-17-3-1-2-14(11-17)16-10-15-4-7-23-13-19(15)20(12-16)24-18-5-8-22-9-6-18/h1-2,4,10-12,17-19,22-24H,3,5-9,13H2. The van der Waals surface area contributed by atoms with Crippen molar-refractivity contribution in [1.29, 1.82) is 0 Å². The van der Waals surface area contributed by atoms with Crippen LogP contribution in [0.1, 0.15) is 19.3 Å². The van der Waals surface area contributed by atoms with E-state index in [2.05, 4.69) is 52.4 Å². The summed E-state index contributed by atoms with van der Waals surface area (Å²) >= 11 is 6.34. The van der Waals surface area contributed by atoms with Gasteiger partial charge in [0.1, 0.15) is 0 Å². The van der Waals surface area contributed by atoms with Crippen LogP contribution < -0.4 is 16.0 Å². The van der Waals surface area contributed by atoms with Gasteiger partial charge in [0.15, 0.2) is 0 Å². The molecule has 0 aromatic heterocycles. The van der Waals surface area contributed by atoms with E-state index in [4.69, 9.17) is 11.6 Å². The number of fused-ring (bicyclic) bond motifs is 1. The molecule has 2 aliphatic heterocycles. The average molecular weight is 344 g/mol. The molecule has 2 unspecified atom stereocenters. The number of halogens is 1. The number of rotatable bonds is 3. The molecule has 0 saturated carbocycles. The zero-order valence-electron chi connectivity index (χ0n) is 14.0. The lowest BCUT2D eigenvalue weighted by Crippen LogP contribution is -2.43. The van der Waals surface area contributed by atoms with Gasteiger partial charge in [-0.25, -0.2) is 0 Å². The molecule has 3 N–H and O–H groups in total. The van der Waals surface area contributed by atoms with Crippen molar-refractivity contribution in [3.63, 3.8) is 0 Å². The quantitative estimate of drug-likeness (QED) is 0.690. The zero-order valence-corrected chi connectivity index (χ0v) is 14.8. The average Bonchev–Trinajstić information content (AvgIpc) is 2.62. The van der Waals surface area contributed by atoms with Crippen molar-refractivity contribution in [2.45, 2.75) is 30.7 Å². The van der Waals surface area contributed by atoms with Gasteiger partial charge < -0.3 is 16.0 Å². The third kappa shape index (κ3) is 3.53. The molecule has 0 spiro atoms. The first-order valence-corrected chi connectivity index (χ1v) is 9.57. The first-order chi connectivity index (χ1) is 11.8. The van der Waals surface area contributed by atoms with E-state index >= 15 is 0 Å². The Morgan fingerprint density at radius 2 is 1.96 bits per heavy atom. The van der Waals surface area contributed by atoms with Crippen LogP contribution in [-0.2, 0) is 0 Å². The summed E-state index contributed by atoms with van der Waals surface area (Å²) in [5.74, 6) is 0.456. The van der Waals surface area contributed by atoms with Crippen LogP contribution in [0.5, 0.6) is 0 Å². The van der Waals surface area contributed by atoms with Gasteiger partial charge in [0.05, 0.1) is 5.38 Å².